The van der Waals surface area contributed by atoms with Gasteiger partial charge in [-0.2, -0.15) is 12.6 Å². The fourth-order valence-corrected chi connectivity index (χ4v) is 0. The lowest BCUT2D eigenvalue weighted by molar-refractivity contribution is 0.586. The van der Waals surface area contributed by atoms with Gasteiger partial charge in [0.25, 0.3) is 0 Å². The maximum atomic E-state index is 8.39. The fraction of sp³-hybridized carbons (Fsp3) is 1.00. The number of hydrogen-bond acceptors (Lipinski definition) is 2. The van der Waals surface area contributed by atoms with Gasteiger partial charge in [-0.3, -0.25) is 0 Å². The number of thiol groups is 1. The monoisotopic (exact) mass is 107 g/mol. The van der Waals surface area contributed by atoms with E-state index in [4.69, 9.17) is 4.80 Å². The predicted molar refractivity (Wildman–Crippen MR) is 27.7 cm³/mol. The van der Waals surface area contributed by atoms with Crippen LogP contribution in [0.3, 0.4) is 0 Å². The quantitative estimate of drug-likeness (QED) is 0.359. The van der Waals surface area contributed by atoms with Crippen LogP contribution in [0.2, 0.25) is 6.55 Å². The molecule has 0 aromatic heterocycles. The highest BCUT2D eigenvalue weighted by atomic mass is 32.1. The van der Waals surface area contributed by atoms with Crippen molar-refractivity contribution in [3.63, 3.8) is 0 Å². The van der Waals surface area contributed by atoms with E-state index in [1.807, 2.05) is 0 Å². The molecule has 0 atom stereocenters. The highest BCUT2D eigenvalue weighted by Gasteiger charge is 1.88. The van der Waals surface area contributed by atoms with Crippen molar-refractivity contribution in [2.75, 3.05) is 5.38 Å². The lowest BCUT2D eigenvalue weighted by atomic mass is 11.9. The molecule has 0 amide bonds. The van der Waals surface area contributed by atoms with E-state index < -0.39 is 9.04 Å². The van der Waals surface area contributed by atoms with Crippen LogP contribution >= 0.6 is 12.6 Å². The molecule has 0 aliphatic rings. The third kappa shape index (κ3) is 4.53. The summed E-state index contributed by atoms with van der Waals surface area (Å²) in [5, 5.41) is 0.657. The average molecular weight is 107 g/mol. The summed E-state index contributed by atoms with van der Waals surface area (Å²) < 4.78 is 0. The summed E-state index contributed by atoms with van der Waals surface area (Å²) in [6.45, 7) is 1.80. The van der Waals surface area contributed by atoms with Gasteiger partial charge in [-0.25, -0.2) is 0 Å². The van der Waals surface area contributed by atoms with Crippen molar-refractivity contribution in [3.8, 4) is 0 Å². The van der Waals surface area contributed by atoms with E-state index in [-0.39, 0.29) is 0 Å². The van der Waals surface area contributed by atoms with Crippen LogP contribution in [0.15, 0.2) is 0 Å². The molecule has 0 unspecified atom stereocenters. The largest absolute Gasteiger partial charge is 0.431 e. The smallest absolute Gasteiger partial charge is 0.213 e. The Hall–Kier alpha value is 0.527. The zero-order valence-corrected chi connectivity index (χ0v) is 5.00. The predicted octanol–water partition coefficient (Wildman–Crippen LogP) is 0.0690. The van der Waals surface area contributed by atoms with E-state index in [1.165, 1.54) is 0 Å². The second-order valence-electron chi connectivity index (χ2n) is 0.893. The molecular weight excluding hydrogens is 100 g/mol. The summed E-state index contributed by atoms with van der Waals surface area (Å²) in [7, 11) is -1.01. The van der Waals surface area contributed by atoms with Crippen LogP contribution in [0, 0.1) is 0 Å². The Morgan fingerprint density at radius 2 is 2.20 bits per heavy atom. The molecular formula is C2H7OSSi. The standard InChI is InChI=1S/C2H7OSSi/c1-5(3)2-4/h3-4H,2H2,1H3. The van der Waals surface area contributed by atoms with Crippen molar-refractivity contribution in [1.29, 1.82) is 0 Å². The molecule has 3 heteroatoms. The minimum atomic E-state index is -1.01. The van der Waals surface area contributed by atoms with Gasteiger partial charge in [-0.15, -0.1) is 0 Å². The van der Waals surface area contributed by atoms with Crippen LogP contribution in [0.5, 0.6) is 0 Å². The first-order chi connectivity index (χ1) is 2.27. The maximum Gasteiger partial charge on any atom is 0.213 e. The highest BCUT2D eigenvalue weighted by molar-refractivity contribution is 7.81. The maximum absolute atomic E-state index is 8.39. The highest BCUT2D eigenvalue weighted by Crippen LogP contribution is 1.74. The lowest BCUT2D eigenvalue weighted by Crippen LogP contribution is -2.06. The van der Waals surface area contributed by atoms with Crippen LogP contribution in [0.4, 0.5) is 0 Å². The molecule has 0 bridgehead atoms. The Morgan fingerprint density at radius 3 is 2.20 bits per heavy atom. The molecule has 5 heavy (non-hydrogen) atoms. The molecule has 0 saturated heterocycles. The number of rotatable bonds is 1. The fourth-order valence-electron chi connectivity index (χ4n) is 0. The van der Waals surface area contributed by atoms with Crippen molar-refractivity contribution < 1.29 is 4.80 Å². The summed E-state index contributed by atoms with van der Waals surface area (Å²) in [6.07, 6.45) is 0. The van der Waals surface area contributed by atoms with Gasteiger partial charge in [0.05, 0.1) is 0 Å². The summed E-state index contributed by atoms with van der Waals surface area (Å²) in [5.74, 6) is 0. The topological polar surface area (TPSA) is 20.2 Å². The van der Waals surface area contributed by atoms with Gasteiger partial charge in [0.15, 0.2) is 0 Å². The Morgan fingerprint density at radius 1 is 2.00 bits per heavy atom. The van der Waals surface area contributed by atoms with Gasteiger partial charge in [0.1, 0.15) is 0 Å². The van der Waals surface area contributed by atoms with E-state index in [1.54, 1.807) is 6.55 Å². The Labute approximate surface area is 39.2 Å². The molecule has 1 radical (unpaired) electrons. The van der Waals surface area contributed by atoms with Crippen LogP contribution < -0.4 is 0 Å². The van der Waals surface area contributed by atoms with Gasteiger partial charge in [0, 0.05) is 5.38 Å². The van der Waals surface area contributed by atoms with Gasteiger partial charge >= 0.3 is 0 Å². The van der Waals surface area contributed by atoms with Gasteiger partial charge in [0.2, 0.25) is 9.04 Å². The lowest BCUT2D eigenvalue weighted by Gasteiger charge is -1.85. The number of hydrogen-bond donors (Lipinski definition) is 2. The molecule has 1 N–H and O–H groups in total. The molecule has 0 saturated carbocycles. The van der Waals surface area contributed by atoms with Gasteiger partial charge in [-0.05, 0) is 6.55 Å². The molecule has 1 nitrogen and oxygen atoms in total. The van der Waals surface area contributed by atoms with E-state index >= 15 is 0 Å². The van der Waals surface area contributed by atoms with E-state index in [9.17, 15) is 0 Å². The summed E-state index contributed by atoms with van der Waals surface area (Å²) in [4.78, 5) is 8.39. The van der Waals surface area contributed by atoms with E-state index in [0.29, 0.717) is 5.38 Å². The third-order valence-electron chi connectivity index (χ3n) is 0.229. The second-order valence-corrected chi connectivity index (χ2v) is 3.63. The second kappa shape index (κ2) is 2.75. The van der Waals surface area contributed by atoms with Crippen LogP contribution in [0.1, 0.15) is 0 Å². The molecule has 0 rings (SSSR count). The summed E-state index contributed by atoms with van der Waals surface area (Å²) in [6, 6.07) is 0. The Bertz CT molecular complexity index is 23.6. The first kappa shape index (κ1) is 5.53. The molecule has 31 valence electrons. The zero-order chi connectivity index (χ0) is 4.28. The van der Waals surface area contributed by atoms with Crippen molar-refractivity contribution in [2.24, 2.45) is 0 Å². The van der Waals surface area contributed by atoms with Crippen molar-refractivity contribution in [1.82, 2.24) is 0 Å². The van der Waals surface area contributed by atoms with Gasteiger partial charge in [-0.1, -0.05) is 0 Å². The van der Waals surface area contributed by atoms with Crippen molar-refractivity contribution in [3.05, 3.63) is 0 Å². The Balaban J connectivity index is 2.54. The SMILES string of the molecule is C[Si](O)CS. The third-order valence-corrected chi connectivity index (χ3v) is 2.06. The Kier molecular flexibility index (Phi) is 3.04. The molecule has 0 aromatic carbocycles. The van der Waals surface area contributed by atoms with E-state index in [0.717, 1.165) is 0 Å². The van der Waals surface area contributed by atoms with Crippen LogP contribution in [-0.2, 0) is 0 Å². The summed E-state index contributed by atoms with van der Waals surface area (Å²) in [5.41, 5.74) is 0. The molecule has 0 heterocycles. The van der Waals surface area contributed by atoms with Crippen molar-refractivity contribution >= 4 is 21.7 Å². The molecule has 0 aromatic rings. The molecule has 0 spiro atoms. The van der Waals surface area contributed by atoms with Crippen LogP contribution in [0.25, 0.3) is 0 Å². The molecule has 0 aliphatic carbocycles. The zero-order valence-electron chi connectivity index (χ0n) is 3.10. The summed E-state index contributed by atoms with van der Waals surface area (Å²) >= 11 is 3.81. The minimum absolute atomic E-state index is 0.657. The first-order valence-corrected chi connectivity index (χ1v) is 4.18. The van der Waals surface area contributed by atoms with Crippen molar-refractivity contribution in [2.45, 2.75) is 6.55 Å². The first-order valence-electron chi connectivity index (χ1n) is 1.39. The van der Waals surface area contributed by atoms with Gasteiger partial charge < -0.3 is 4.80 Å². The molecule has 0 aliphatic heterocycles. The average Bonchev–Trinajstić information content (AvgIpc) is 1.38. The van der Waals surface area contributed by atoms with E-state index in [2.05, 4.69) is 12.6 Å². The normalized spacial score (nSPS) is 9.60. The van der Waals surface area contributed by atoms with Crippen LogP contribution in [-0.4, -0.2) is 19.2 Å². The molecule has 0 fully saturated rings. The minimum Gasteiger partial charge on any atom is -0.431 e.